The second-order valence-corrected chi connectivity index (χ2v) is 6.77. The quantitative estimate of drug-likeness (QED) is 0.816. The van der Waals surface area contributed by atoms with Crippen molar-refractivity contribution < 1.29 is 14.6 Å². The van der Waals surface area contributed by atoms with E-state index in [1.807, 2.05) is 23.9 Å². The fourth-order valence-corrected chi connectivity index (χ4v) is 3.89. The fourth-order valence-electron chi connectivity index (χ4n) is 2.13. The molecule has 1 aliphatic rings. The minimum absolute atomic E-state index is 0.00595. The molecule has 0 spiro atoms. The van der Waals surface area contributed by atoms with E-state index in [-0.39, 0.29) is 18.1 Å². The van der Waals surface area contributed by atoms with Crippen molar-refractivity contribution in [1.29, 1.82) is 0 Å². The summed E-state index contributed by atoms with van der Waals surface area (Å²) in [6.07, 6.45) is 0.899. The van der Waals surface area contributed by atoms with E-state index in [4.69, 9.17) is 9.84 Å². The number of benzene rings is 1. The van der Waals surface area contributed by atoms with Gasteiger partial charge in [0.05, 0.1) is 18.8 Å². The summed E-state index contributed by atoms with van der Waals surface area (Å²) in [6, 6.07) is 7.30. The molecule has 110 valence electrons. The van der Waals surface area contributed by atoms with Crippen molar-refractivity contribution in [2.45, 2.75) is 12.0 Å². The maximum absolute atomic E-state index is 12.1. The van der Waals surface area contributed by atoms with Gasteiger partial charge in [-0.25, -0.2) is 0 Å². The molecule has 20 heavy (non-hydrogen) atoms. The van der Waals surface area contributed by atoms with Crippen LogP contribution in [0.15, 0.2) is 28.7 Å². The third kappa shape index (κ3) is 4.22. The molecule has 0 saturated carbocycles. The molecule has 4 nitrogen and oxygen atoms in total. The van der Waals surface area contributed by atoms with Gasteiger partial charge in [0.1, 0.15) is 0 Å². The standard InChI is InChI=1S/C14H18BrNO3S/c15-12-3-1-2-11(8-12)13(18)16-9-14(19-6-5-17)4-7-20-10-14/h1-3,8,17H,4-7,9-10H2,(H,16,18). The molecule has 0 aliphatic carbocycles. The van der Waals surface area contributed by atoms with Crippen molar-refractivity contribution in [2.24, 2.45) is 0 Å². The highest BCUT2D eigenvalue weighted by Gasteiger charge is 2.35. The largest absolute Gasteiger partial charge is 0.394 e. The summed E-state index contributed by atoms with van der Waals surface area (Å²) in [5.41, 5.74) is 0.289. The smallest absolute Gasteiger partial charge is 0.251 e. The Kier molecular flexibility index (Phi) is 5.89. The molecule has 0 bridgehead atoms. The molecule has 0 aromatic heterocycles. The molecule has 1 unspecified atom stereocenters. The highest BCUT2D eigenvalue weighted by molar-refractivity contribution is 9.10. The summed E-state index contributed by atoms with van der Waals surface area (Å²) in [4.78, 5) is 12.1. The first-order valence-electron chi connectivity index (χ1n) is 6.52. The van der Waals surface area contributed by atoms with E-state index in [1.165, 1.54) is 0 Å². The summed E-state index contributed by atoms with van der Waals surface area (Å²) >= 11 is 5.17. The Bertz CT molecular complexity index is 463. The van der Waals surface area contributed by atoms with E-state index in [0.29, 0.717) is 18.7 Å². The van der Waals surface area contributed by atoms with Gasteiger partial charge in [0, 0.05) is 22.3 Å². The Morgan fingerprint density at radius 1 is 1.55 bits per heavy atom. The van der Waals surface area contributed by atoms with Gasteiger partial charge in [0.2, 0.25) is 0 Å². The Hall–Kier alpha value is -0.560. The predicted octanol–water partition coefficient (Wildman–Crippen LogP) is 2.06. The van der Waals surface area contributed by atoms with Crippen LogP contribution in [0.4, 0.5) is 0 Å². The van der Waals surface area contributed by atoms with Crippen LogP contribution in [-0.4, -0.2) is 47.9 Å². The van der Waals surface area contributed by atoms with Crippen LogP contribution in [0.3, 0.4) is 0 Å². The van der Waals surface area contributed by atoms with E-state index in [2.05, 4.69) is 21.2 Å². The number of hydrogen-bond acceptors (Lipinski definition) is 4. The van der Waals surface area contributed by atoms with Gasteiger partial charge >= 0.3 is 0 Å². The zero-order valence-corrected chi connectivity index (χ0v) is 13.5. The number of thioether (sulfide) groups is 1. The topological polar surface area (TPSA) is 58.6 Å². The lowest BCUT2D eigenvalue weighted by molar-refractivity contribution is -0.0378. The van der Waals surface area contributed by atoms with Gasteiger partial charge in [0.25, 0.3) is 5.91 Å². The summed E-state index contributed by atoms with van der Waals surface area (Å²) in [7, 11) is 0. The van der Waals surface area contributed by atoms with Crippen LogP contribution in [0.1, 0.15) is 16.8 Å². The van der Waals surface area contributed by atoms with Crippen molar-refractivity contribution in [3.63, 3.8) is 0 Å². The van der Waals surface area contributed by atoms with Gasteiger partial charge in [-0.05, 0) is 30.4 Å². The molecule has 1 aromatic carbocycles. The second-order valence-electron chi connectivity index (χ2n) is 4.75. The van der Waals surface area contributed by atoms with E-state index in [9.17, 15) is 4.79 Å². The summed E-state index contributed by atoms with van der Waals surface area (Å²) in [6.45, 7) is 0.796. The first-order chi connectivity index (χ1) is 9.65. The number of halogens is 1. The molecule has 1 heterocycles. The number of amides is 1. The third-order valence-corrected chi connectivity index (χ3v) is 4.94. The second kappa shape index (κ2) is 7.45. The van der Waals surface area contributed by atoms with Gasteiger partial charge in [0.15, 0.2) is 0 Å². The predicted molar refractivity (Wildman–Crippen MR) is 84.2 cm³/mol. The molecule has 1 fully saturated rings. The van der Waals surface area contributed by atoms with Crippen molar-refractivity contribution in [1.82, 2.24) is 5.32 Å². The van der Waals surface area contributed by atoms with E-state index >= 15 is 0 Å². The number of carbonyl (C=O) groups is 1. The molecule has 1 aromatic rings. The Morgan fingerprint density at radius 3 is 3.05 bits per heavy atom. The van der Waals surface area contributed by atoms with Gasteiger partial charge in [-0.15, -0.1) is 0 Å². The minimum Gasteiger partial charge on any atom is -0.394 e. The Labute approximate surface area is 131 Å². The molecule has 0 radical (unpaired) electrons. The van der Waals surface area contributed by atoms with Crippen LogP contribution in [0.5, 0.6) is 0 Å². The number of hydrogen-bond donors (Lipinski definition) is 2. The monoisotopic (exact) mass is 359 g/mol. The first kappa shape index (κ1) is 15.8. The number of aliphatic hydroxyl groups excluding tert-OH is 1. The average Bonchev–Trinajstić information content (AvgIpc) is 2.92. The highest BCUT2D eigenvalue weighted by Crippen LogP contribution is 2.30. The molecule has 1 amide bonds. The zero-order valence-electron chi connectivity index (χ0n) is 11.1. The average molecular weight is 360 g/mol. The maximum atomic E-state index is 12.1. The van der Waals surface area contributed by atoms with Crippen molar-refractivity contribution in [3.8, 4) is 0 Å². The first-order valence-corrected chi connectivity index (χ1v) is 8.46. The van der Waals surface area contributed by atoms with Crippen molar-refractivity contribution in [3.05, 3.63) is 34.3 Å². The number of ether oxygens (including phenoxy) is 1. The highest BCUT2D eigenvalue weighted by atomic mass is 79.9. The molecular formula is C14H18BrNO3S. The van der Waals surface area contributed by atoms with Crippen LogP contribution in [0.2, 0.25) is 0 Å². The van der Waals surface area contributed by atoms with Gasteiger partial charge in [-0.3, -0.25) is 4.79 Å². The van der Waals surface area contributed by atoms with Crippen LogP contribution >= 0.6 is 27.7 Å². The normalized spacial score (nSPS) is 21.9. The zero-order chi connectivity index (χ0) is 14.4. The fraction of sp³-hybridized carbons (Fsp3) is 0.500. The number of carbonyl (C=O) groups excluding carboxylic acids is 1. The third-order valence-electron chi connectivity index (χ3n) is 3.22. The van der Waals surface area contributed by atoms with Crippen LogP contribution in [-0.2, 0) is 4.74 Å². The van der Waals surface area contributed by atoms with E-state index in [1.54, 1.807) is 12.1 Å². The molecule has 1 saturated heterocycles. The molecule has 2 N–H and O–H groups in total. The molecular weight excluding hydrogens is 342 g/mol. The number of nitrogens with one attached hydrogen (secondary N) is 1. The van der Waals surface area contributed by atoms with E-state index < -0.39 is 0 Å². The molecule has 6 heteroatoms. The maximum Gasteiger partial charge on any atom is 0.251 e. The molecule has 1 atom stereocenters. The summed E-state index contributed by atoms with van der Waals surface area (Å²) < 4.78 is 6.64. The minimum atomic E-state index is -0.338. The van der Waals surface area contributed by atoms with E-state index in [0.717, 1.165) is 22.4 Å². The van der Waals surface area contributed by atoms with Crippen LogP contribution < -0.4 is 5.32 Å². The number of rotatable bonds is 6. The summed E-state index contributed by atoms with van der Waals surface area (Å²) in [5, 5.41) is 11.8. The van der Waals surface area contributed by atoms with Gasteiger partial charge in [-0.2, -0.15) is 11.8 Å². The Morgan fingerprint density at radius 2 is 2.40 bits per heavy atom. The molecule has 2 rings (SSSR count). The van der Waals surface area contributed by atoms with Crippen molar-refractivity contribution >= 4 is 33.6 Å². The van der Waals surface area contributed by atoms with Gasteiger partial charge in [-0.1, -0.05) is 22.0 Å². The van der Waals surface area contributed by atoms with Crippen LogP contribution in [0, 0.1) is 0 Å². The van der Waals surface area contributed by atoms with Crippen LogP contribution in [0.25, 0.3) is 0 Å². The Balaban J connectivity index is 1.94. The molecule has 1 aliphatic heterocycles. The lowest BCUT2D eigenvalue weighted by Gasteiger charge is -2.28. The lowest BCUT2D eigenvalue weighted by atomic mass is 10.0. The summed E-state index contributed by atoms with van der Waals surface area (Å²) in [5.74, 6) is 1.78. The lowest BCUT2D eigenvalue weighted by Crippen LogP contribution is -2.45. The van der Waals surface area contributed by atoms with Crippen molar-refractivity contribution in [2.75, 3.05) is 31.3 Å². The SMILES string of the molecule is O=C(NCC1(OCCO)CCSC1)c1cccc(Br)c1. The van der Waals surface area contributed by atoms with Gasteiger partial charge < -0.3 is 15.2 Å². The number of aliphatic hydroxyl groups is 1.